The first-order valence-corrected chi connectivity index (χ1v) is 12.1. The van der Waals surface area contributed by atoms with Gasteiger partial charge in [-0.15, -0.1) is 0 Å². The third kappa shape index (κ3) is 5.28. The van der Waals surface area contributed by atoms with Gasteiger partial charge in [-0.1, -0.05) is 23.7 Å². The fraction of sp³-hybridized carbons (Fsp3) is 0.0690. The Morgan fingerprint density at radius 2 is 1.92 bits per heavy atom. The fourth-order valence-electron chi connectivity index (χ4n) is 3.91. The topological polar surface area (TPSA) is 120 Å². The van der Waals surface area contributed by atoms with Crippen molar-refractivity contribution in [2.45, 2.75) is 6.92 Å². The number of carbonyl (C=O) groups excluding carboxylic acids is 2. The molecule has 5 rings (SSSR count). The number of anilines is 2. The Balaban J connectivity index is 1.37. The van der Waals surface area contributed by atoms with E-state index in [4.69, 9.17) is 26.0 Å². The maximum absolute atomic E-state index is 13.0. The third-order valence-corrected chi connectivity index (χ3v) is 6.17. The van der Waals surface area contributed by atoms with E-state index >= 15 is 0 Å². The molecule has 0 radical (unpaired) electrons. The average Bonchev–Trinajstić information content (AvgIpc) is 3.53. The van der Waals surface area contributed by atoms with E-state index in [1.807, 2.05) is 6.07 Å². The monoisotopic (exact) mass is 537 g/mol. The molecule has 1 aliphatic rings. The summed E-state index contributed by atoms with van der Waals surface area (Å²) in [5.41, 5.74) is 2.81. The number of hydrogen-bond acceptors (Lipinski definition) is 7. The Kier molecular flexibility index (Phi) is 6.95. The summed E-state index contributed by atoms with van der Waals surface area (Å²) in [6.07, 6.45) is 0. The molecule has 192 valence electrons. The number of halogens is 1. The quantitative estimate of drug-likeness (QED) is 0.312. The number of carbonyl (C=O) groups is 2. The number of amides is 2. The van der Waals surface area contributed by atoms with Crippen molar-refractivity contribution in [3.63, 3.8) is 0 Å². The molecule has 1 aliphatic heterocycles. The van der Waals surface area contributed by atoms with Crippen molar-refractivity contribution in [2.75, 3.05) is 17.4 Å². The lowest BCUT2D eigenvalue weighted by Gasteiger charge is -2.11. The number of ether oxygens (including phenoxy) is 1. The van der Waals surface area contributed by atoms with Crippen molar-refractivity contribution in [3.8, 4) is 23.1 Å². The molecule has 4 aromatic rings. The standard InChI is InChI=1S/C29H20ClN5O4/c1-17-27(29(37)35(34-17)21-7-3-5-18(13-21)16-31)33-26-12-11-25(39-26)19-9-10-24(30)23(14-19)28(36)32-20-6-4-8-22(15-20)38-2/h3-15H,1-2H3,(H,32,36). The normalized spacial score (nSPS) is 13.8. The molecule has 0 spiro atoms. The van der Waals surface area contributed by atoms with Crippen LogP contribution in [0.1, 0.15) is 22.8 Å². The van der Waals surface area contributed by atoms with Crippen LogP contribution in [-0.4, -0.2) is 30.3 Å². The highest BCUT2D eigenvalue weighted by Gasteiger charge is 2.31. The van der Waals surface area contributed by atoms with Gasteiger partial charge in [0.05, 0.1) is 40.7 Å². The van der Waals surface area contributed by atoms with E-state index in [2.05, 4.69) is 15.4 Å². The molecule has 1 N–H and O–H groups in total. The summed E-state index contributed by atoms with van der Waals surface area (Å²) < 4.78 is 11.1. The number of nitrogens with zero attached hydrogens (tertiary/aromatic N) is 4. The first kappa shape index (κ1) is 25.4. The zero-order chi connectivity index (χ0) is 27.5. The fourth-order valence-corrected chi connectivity index (χ4v) is 4.12. The first-order chi connectivity index (χ1) is 18.9. The van der Waals surface area contributed by atoms with Crippen molar-refractivity contribution < 1.29 is 18.7 Å². The van der Waals surface area contributed by atoms with Gasteiger partial charge in [-0.25, -0.2) is 4.99 Å². The van der Waals surface area contributed by atoms with Crippen LogP contribution in [0, 0.1) is 11.3 Å². The highest BCUT2D eigenvalue weighted by molar-refractivity contribution is 6.71. The van der Waals surface area contributed by atoms with Gasteiger partial charge in [-0.3, -0.25) is 9.59 Å². The Bertz CT molecular complexity index is 1720. The van der Waals surface area contributed by atoms with Gasteiger partial charge in [-0.05, 0) is 61.5 Å². The lowest BCUT2D eigenvalue weighted by Crippen LogP contribution is -2.27. The molecule has 1 aromatic heterocycles. The number of aliphatic imine (C=N–C) groups is 1. The lowest BCUT2D eigenvalue weighted by molar-refractivity contribution is -0.112. The molecule has 0 saturated carbocycles. The maximum atomic E-state index is 13.0. The number of hydrogen-bond donors (Lipinski definition) is 1. The van der Waals surface area contributed by atoms with E-state index in [9.17, 15) is 9.59 Å². The van der Waals surface area contributed by atoms with Gasteiger partial charge in [0, 0.05) is 23.4 Å². The Hall–Kier alpha value is -5.20. The van der Waals surface area contributed by atoms with Crippen LogP contribution in [-0.2, 0) is 4.79 Å². The van der Waals surface area contributed by atoms with Crippen LogP contribution in [0.15, 0.2) is 93.4 Å². The Morgan fingerprint density at radius 1 is 1.10 bits per heavy atom. The number of benzene rings is 3. The molecule has 10 heteroatoms. The van der Waals surface area contributed by atoms with Crippen LogP contribution >= 0.6 is 11.6 Å². The summed E-state index contributed by atoms with van der Waals surface area (Å²) in [6.45, 7) is 1.67. The Morgan fingerprint density at radius 3 is 2.72 bits per heavy atom. The number of furan rings is 1. The molecule has 2 heterocycles. The minimum Gasteiger partial charge on any atom is -0.497 e. The molecular formula is C29H20ClN5O4. The second kappa shape index (κ2) is 10.7. The van der Waals surface area contributed by atoms with Crippen LogP contribution in [0.4, 0.5) is 17.3 Å². The van der Waals surface area contributed by atoms with E-state index in [0.717, 1.165) is 0 Å². The van der Waals surface area contributed by atoms with E-state index in [1.54, 1.807) is 92.9 Å². The van der Waals surface area contributed by atoms with Gasteiger partial charge >= 0.3 is 0 Å². The zero-order valence-electron chi connectivity index (χ0n) is 20.8. The second-order valence-corrected chi connectivity index (χ2v) is 8.85. The van der Waals surface area contributed by atoms with Crippen LogP contribution in [0.25, 0.3) is 11.3 Å². The largest absolute Gasteiger partial charge is 0.497 e. The molecule has 3 aromatic carbocycles. The SMILES string of the molecule is COc1cccc(NC(=O)c2cc(-c3ccc(N=C4C(=O)N(c5cccc(C#N)c5)N=C4C)o3)ccc2Cl)c1. The summed E-state index contributed by atoms with van der Waals surface area (Å²) in [6, 6.07) is 23.9. The number of nitrogens with one attached hydrogen (secondary N) is 1. The maximum Gasteiger partial charge on any atom is 0.299 e. The smallest absolute Gasteiger partial charge is 0.299 e. The summed E-state index contributed by atoms with van der Waals surface area (Å²) in [5, 5.41) is 17.7. The number of rotatable bonds is 6. The minimum atomic E-state index is -0.441. The van der Waals surface area contributed by atoms with E-state index in [0.29, 0.717) is 39.7 Å². The lowest BCUT2D eigenvalue weighted by atomic mass is 10.1. The van der Waals surface area contributed by atoms with Crippen LogP contribution < -0.4 is 15.1 Å². The Labute approximate surface area is 228 Å². The van der Waals surface area contributed by atoms with E-state index in [1.165, 1.54) is 5.01 Å². The van der Waals surface area contributed by atoms with Crippen molar-refractivity contribution in [2.24, 2.45) is 10.1 Å². The van der Waals surface area contributed by atoms with Gasteiger partial charge in [0.25, 0.3) is 11.8 Å². The van der Waals surface area contributed by atoms with Crippen molar-refractivity contribution >= 4 is 52.1 Å². The molecule has 39 heavy (non-hydrogen) atoms. The van der Waals surface area contributed by atoms with Gasteiger partial charge in [0.15, 0.2) is 5.71 Å². The summed E-state index contributed by atoms with van der Waals surface area (Å²) in [5.74, 6) is 0.389. The summed E-state index contributed by atoms with van der Waals surface area (Å²) in [7, 11) is 1.55. The third-order valence-electron chi connectivity index (χ3n) is 5.84. The number of hydrazone groups is 1. The van der Waals surface area contributed by atoms with Crippen molar-refractivity contribution in [1.29, 1.82) is 5.26 Å². The molecule has 0 saturated heterocycles. The average molecular weight is 538 g/mol. The number of nitriles is 1. The molecule has 0 aliphatic carbocycles. The molecule has 0 unspecified atom stereocenters. The zero-order valence-corrected chi connectivity index (χ0v) is 21.6. The van der Waals surface area contributed by atoms with Crippen molar-refractivity contribution in [1.82, 2.24) is 0 Å². The highest BCUT2D eigenvalue weighted by Crippen LogP contribution is 2.31. The van der Waals surface area contributed by atoms with Gasteiger partial charge in [-0.2, -0.15) is 15.4 Å². The van der Waals surface area contributed by atoms with Crippen LogP contribution in [0.2, 0.25) is 5.02 Å². The molecule has 9 nitrogen and oxygen atoms in total. The van der Waals surface area contributed by atoms with Gasteiger partial charge < -0.3 is 14.5 Å². The van der Waals surface area contributed by atoms with E-state index < -0.39 is 11.8 Å². The summed E-state index contributed by atoms with van der Waals surface area (Å²) >= 11 is 6.33. The van der Waals surface area contributed by atoms with E-state index in [-0.39, 0.29) is 22.2 Å². The molecule has 0 atom stereocenters. The molecule has 2 amide bonds. The van der Waals surface area contributed by atoms with Gasteiger partial charge in [0.2, 0.25) is 5.88 Å². The van der Waals surface area contributed by atoms with Crippen LogP contribution in [0.5, 0.6) is 5.75 Å². The minimum absolute atomic E-state index is 0.118. The predicted molar refractivity (Wildman–Crippen MR) is 149 cm³/mol. The molecule has 0 fully saturated rings. The van der Waals surface area contributed by atoms with Gasteiger partial charge in [0.1, 0.15) is 11.5 Å². The number of methoxy groups -OCH3 is 1. The molecule has 0 bridgehead atoms. The van der Waals surface area contributed by atoms with Crippen LogP contribution in [0.3, 0.4) is 0 Å². The first-order valence-electron chi connectivity index (χ1n) is 11.7. The molecular weight excluding hydrogens is 518 g/mol. The predicted octanol–water partition coefficient (Wildman–Crippen LogP) is 6.23. The summed E-state index contributed by atoms with van der Waals surface area (Å²) in [4.78, 5) is 30.4. The van der Waals surface area contributed by atoms with Crippen molar-refractivity contribution in [3.05, 3.63) is 95.0 Å². The second-order valence-electron chi connectivity index (χ2n) is 8.44. The highest BCUT2D eigenvalue weighted by atomic mass is 35.5.